The van der Waals surface area contributed by atoms with Crippen molar-refractivity contribution in [2.45, 2.75) is 26.4 Å². The lowest BCUT2D eigenvalue weighted by Gasteiger charge is -2.08. The highest BCUT2D eigenvalue weighted by molar-refractivity contribution is 5.83. The summed E-state index contributed by atoms with van der Waals surface area (Å²) in [5.74, 6) is -2.40. The van der Waals surface area contributed by atoms with E-state index in [1.165, 1.54) is 0 Å². The summed E-state index contributed by atoms with van der Waals surface area (Å²) in [5, 5.41) is 1.62. The fourth-order valence-electron chi connectivity index (χ4n) is 0.688. The normalized spacial score (nSPS) is 11.6. The first-order chi connectivity index (χ1) is 6.25. The molecule has 82 valence electrons. The molecule has 0 atom stereocenters. The summed E-state index contributed by atoms with van der Waals surface area (Å²) < 4.78 is 34.9. The van der Waals surface area contributed by atoms with E-state index in [-0.39, 0.29) is 24.7 Å². The maximum absolute atomic E-state index is 11.6. The van der Waals surface area contributed by atoms with Crippen LogP contribution in [0.15, 0.2) is 0 Å². The molecule has 0 unspecified atom stereocenters. The van der Waals surface area contributed by atoms with E-state index in [4.69, 9.17) is 0 Å². The first kappa shape index (κ1) is 12.9. The van der Waals surface area contributed by atoms with E-state index in [0.717, 1.165) is 0 Å². The number of amides is 1. The van der Waals surface area contributed by atoms with Crippen molar-refractivity contribution < 1.29 is 22.8 Å². The van der Waals surface area contributed by atoms with Gasteiger partial charge in [-0.15, -0.1) is 0 Å². The average molecular weight is 211 g/mol. The molecule has 0 spiro atoms. The third-order valence-corrected chi connectivity index (χ3v) is 1.56. The van der Waals surface area contributed by atoms with Crippen molar-refractivity contribution in [3.8, 4) is 0 Å². The second kappa shape index (κ2) is 4.97. The van der Waals surface area contributed by atoms with Crippen LogP contribution >= 0.6 is 0 Å². The van der Waals surface area contributed by atoms with Gasteiger partial charge in [-0.2, -0.15) is 13.2 Å². The van der Waals surface area contributed by atoms with Gasteiger partial charge in [-0.25, -0.2) is 0 Å². The van der Waals surface area contributed by atoms with Crippen molar-refractivity contribution >= 4 is 11.7 Å². The molecule has 0 rings (SSSR count). The van der Waals surface area contributed by atoms with Crippen LogP contribution in [0.3, 0.4) is 0 Å². The summed E-state index contributed by atoms with van der Waals surface area (Å²) in [6, 6.07) is 0. The fourth-order valence-corrected chi connectivity index (χ4v) is 0.688. The van der Waals surface area contributed by atoms with Gasteiger partial charge in [-0.1, -0.05) is 13.8 Å². The van der Waals surface area contributed by atoms with Crippen LogP contribution in [0, 0.1) is 5.92 Å². The van der Waals surface area contributed by atoms with E-state index in [0.29, 0.717) is 0 Å². The lowest BCUT2D eigenvalue weighted by atomic mass is 10.1. The lowest BCUT2D eigenvalue weighted by Crippen LogP contribution is -2.38. The number of hydrogen-bond acceptors (Lipinski definition) is 2. The molecule has 0 fully saturated rings. The van der Waals surface area contributed by atoms with Crippen molar-refractivity contribution in [1.29, 1.82) is 0 Å². The van der Waals surface area contributed by atoms with Gasteiger partial charge in [0, 0.05) is 18.9 Å². The lowest BCUT2D eigenvalue weighted by molar-refractivity contribution is -0.173. The highest BCUT2D eigenvalue weighted by atomic mass is 19.4. The highest BCUT2D eigenvalue weighted by Crippen LogP contribution is 2.13. The van der Waals surface area contributed by atoms with Gasteiger partial charge in [0.05, 0.1) is 0 Å². The van der Waals surface area contributed by atoms with Crippen molar-refractivity contribution in [3.63, 3.8) is 0 Å². The van der Waals surface area contributed by atoms with Crippen molar-refractivity contribution in [2.24, 2.45) is 5.92 Å². The molecule has 6 heteroatoms. The molecule has 0 bridgehead atoms. The highest BCUT2D eigenvalue weighted by Gasteiger charge is 2.38. The summed E-state index contributed by atoms with van der Waals surface area (Å²) in [5.41, 5.74) is 0. The monoisotopic (exact) mass is 211 g/mol. The summed E-state index contributed by atoms with van der Waals surface area (Å²) in [6.07, 6.45) is -4.94. The molecule has 1 amide bonds. The zero-order valence-electron chi connectivity index (χ0n) is 7.94. The molecule has 0 aromatic rings. The van der Waals surface area contributed by atoms with Gasteiger partial charge >= 0.3 is 12.1 Å². The molecule has 0 aromatic carbocycles. The van der Waals surface area contributed by atoms with Crippen LogP contribution in [0.5, 0.6) is 0 Å². The zero-order valence-corrected chi connectivity index (χ0v) is 7.94. The van der Waals surface area contributed by atoms with Crippen molar-refractivity contribution in [2.75, 3.05) is 6.54 Å². The van der Waals surface area contributed by atoms with Crippen LogP contribution < -0.4 is 5.32 Å². The predicted molar refractivity (Wildman–Crippen MR) is 43.5 cm³/mol. The largest absolute Gasteiger partial charge is 0.471 e. The minimum Gasteiger partial charge on any atom is -0.348 e. The Morgan fingerprint density at radius 1 is 1.29 bits per heavy atom. The van der Waals surface area contributed by atoms with E-state index in [1.54, 1.807) is 19.2 Å². The maximum Gasteiger partial charge on any atom is 0.471 e. The number of carbonyl (C=O) groups excluding carboxylic acids is 2. The Morgan fingerprint density at radius 3 is 2.14 bits per heavy atom. The molecule has 0 heterocycles. The Kier molecular flexibility index (Phi) is 4.59. The molecule has 0 aliphatic heterocycles. The topological polar surface area (TPSA) is 46.2 Å². The molecule has 0 saturated heterocycles. The van der Waals surface area contributed by atoms with Crippen molar-refractivity contribution in [1.82, 2.24) is 5.32 Å². The Morgan fingerprint density at radius 2 is 1.79 bits per heavy atom. The van der Waals surface area contributed by atoms with E-state index >= 15 is 0 Å². The van der Waals surface area contributed by atoms with Crippen LogP contribution in [-0.4, -0.2) is 24.4 Å². The molecule has 1 N–H and O–H groups in total. The zero-order chi connectivity index (χ0) is 11.4. The number of Topliss-reactive ketones (excluding diaryl/α,β-unsaturated/α-hetero) is 1. The minimum absolute atomic E-state index is 0.0700. The molecular weight excluding hydrogens is 199 g/mol. The number of alkyl halides is 3. The van der Waals surface area contributed by atoms with Gasteiger partial charge in [0.2, 0.25) is 0 Å². The Bertz CT molecular complexity index is 223. The predicted octanol–water partition coefficient (Wildman–Crippen LogP) is 1.28. The number of halogens is 3. The van der Waals surface area contributed by atoms with Gasteiger partial charge < -0.3 is 5.32 Å². The van der Waals surface area contributed by atoms with E-state index < -0.39 is 12.1 Å². The quantitative estimate of drug-likeness (QED) is 0.761. The number of carbonyl (C=O) groups is 2. The SMILES string of the molecule is CC(C)C(=O)CCNC(=O)C(F)(F)F. The van der Waals surface area contributed by atoms with E-state index in [2.05, 4.69) is 0 Å². The van der Waals surface area contributed by atoms with Gasteiger partial charge in [-0.05, 0) is 0 Å². The maximum atomic E-state index is 11.6. The fraction of sp³-hybridized carbons (Fsp3) is 0.750. The second-order valence-corrected chi connectivity index (χ2v) is 3.12. The Hall–Kier alpha value is -1.07. The first-order valence-corrected chi connectivity index (χ1v) is 4.13. The van der Waals surface area contributed by atoms with Gasteiger partial charge in [0.25, 0.3) is 0 Å². The van der Waals surface area contributed by atoms with Gasteiger partial charge in [0.1, 0.15) is 5.78 Å². The summed E-state index contributed by atoms with van der Waals surface area (Å²) in [7, 11) is 0. The van der Waals surface area contributed by atoms with Gasteiger partial charge in [-0.3, -0.25) is 9.59 Å². The molecule has 0 radical (unpaired) electrons. The smallest absolute Gasteiger partial charge is 0.348 e. The Balaban J connectivity index is 3.76. The van der Waals surface area contributed by atoms with Gasteiger partial charge in [0.15, 0.2) is 0 Å². The molecule has 0 aliphatic rings. The standard InChI is InChI=1S/C8H12F3NO2/c1-5(2)6(13)3-4-12-7(14)8(9,10)11/h5H,3-4H2,1-2H3,(H,12,14). The molecule has 14 heavy (non-hydrogen) atoms. The van der Waals surface area contributed by atoms with E-state index in [1.807, 2.05) is 0 Å². The third kappa shape index (κ3) is 4.84. The van der Waals surface area contributed by atoms with E-state index in [9.17, 15) is 22.8 Å². The average Bonchev–Trinajstić information content (AvgIpc) is 2.01. The van der Waals surface area contributed by atoms with Crippen LogP contribution in [0.25, 0.3) is 0 Å². The third-order valence-electron chi connectivity index (χ3n) is 1.56. The molecule has 0 aliphatic carbocycles. The molecular formula is C8H12F3NO2. The number of hydrogen-bond donors (Lipinski definition) is 1. The second-order valence-electron chi connectivity index (χ2n) is 3.12. The van der Waals surface area contributed by atoms with Crippen LogP contribution in [0.2, 0.25) is 0 Å². The molecule has 3 nitrogen and oxygen atoms in total. The molecule has 0 aromatic heterocycles. The minimum atomic E-state index is -4.87. The van der Waals surface area contributed by atoms with Crippen LogP contribution in [0.1, 0.15) is 20.3 Å². The van der Waals surface area contributed by atoms with Crippen LogP contribution in [0.4, 0.5) is 13.2 Å². The van der Waals surface area contributed by atoms with Crippen LogP contribution in [-0.2, 0) is 9.59 Å². The number of ketones is 1. The summed E-state index contributed by atoms with van der Waals surface area (Å²) in [6.45, 7) is 3.02. The molecule has 0 saturated carbocycles. The number of nitrogens with one attached hydrogen (secondary N) is 1. The van der Waals surface area contributed by atoms with Crippen molar-refractivity contribution in [3.05, 3.63) is 0 Å². The first-order valence-electron chi connectivity index (χ1n) is 4.13. The Labute approximate surface area is 79.7 Å². The summed E-state index contributed by atoms with van der Waals surface area (Å²) >= 11 is 0. The number of rotatable bonds is 4. The summed E-state index contributed by atoms with van der Waals surface area (Å²) in [4.78, 5) is 21.2.